The largest absolute Gasteiger partial charge is 0.371 e. The number of hydrogen-bond acceptors (Lipinski definition) is 2. The van der Waals surface area contributed by atoms with Gasteiger partial charge >= 0.3 is 0 Å². The average molecular weight is 314 g/mol. The van der Waals surface area contributed by atoms with Crippen molar-refractivity contribution in [2.75, 3.05) is 0 Å². The summed E-state index contributed by atoms with van der Waals surface area (Å²) in [5.41, 5.74) is 6.65. The lowest BCUT2D eigenvalue weighted by Gasteiger charge is -2.31. The van der Waals surface area contributed by atoms with E-state index in [-0.39, 0.29) is 18.3 Å². The summed E-state index contributed by atoms with van der Waals surface area (Å²) in [6.45, 7) is 1.97. The number of aliphatic hydroxyl groups is 1. The van der Waals surface area contributed by atoms with Crippen LogP contribution in [-0.2, 0) is 5.72 Å². The van der Waals surface area contributed by atoms with Crippen molar-refractivity contribution in [3.8, 4) is 0 Å². The van der Waals surface area contributed by atoms with E-state index in [1.807, 2.05) is 61.5 Å². The molecular formula is C19H20ClNO. The minimum absolute atomic E-state index is 0. The number of benzene rings is 3. The molecule has 0 amide bonds. The van der Waals surface area contributed by atoms with E-state index in [1.165, 1.54) is 0 Å². The van der Waals surface area contributed by atoms with E-state index >= 15 is 0 Å². The molecule has 3 aromatic carbocycles. The summed E-state index contributed by atoms with van der Waals surface area (Å²) in [7, 11) is 0. The topological polar surface area (TPSA) is 46.2 Å². The Morgan fingerprint density at radius 2 is 1.45 bits per heavy atom. The molecule has 0 fully saturated rings. The molecule has 0 radical (unpaired) electrons. The van der Waals surface area contributed by atoms with E-state index < -0.39 is 5.72 Å². The normalized spacial score (nSPS) is 14.9. The molecule has 2 unspecified atom stereocenters. The Hall–Kier alpha value is -1.87. The standard InChI is InChI=1S/C19H19NO.ClH/c1-14(19(20,21)16-10-3-2-4-11-16)17-13-7-9-15-8-5-6-12-18(15)17;/h2-14,21H,20H2,1H3;1H. The lowest BCUT2D eigenvalue weighted by Crippen LogP contribution is -2.41. The molecule has 3 heteroatoms. The van der Waals surface area contributed by atoms with Crippen molar-refractivity contribution in [2.24, 2.45) is 5.73 Å². The molecule has 2 nitrogen and oxygen atoms in total. The van der Waals surface area contributed by atoms with E-state index in [0.717, 1.165) is 21.9 Å². The summed E-state index contributed by atoms with van der Waals surface area (Å²) < 4.78 is 0. The van der Waals surface area contributed by atoms with Crippen LogP contribution in [0.5, 0.6) is 0 Å². The predicted molar refractivity (Wildman–Crippen MR) is 94.1 cm³/mol. The van der Waals surface area contributed by atoms with Crippen LogP contribution in [0.4, 0.5) is 0 Å². The van der Waals surface area contributed by atoms with Gasteiger partial charge in [0.2, 0.25) is 0 Å². The van der Waals surface area contributed by atoms with Crippen molar-refractivity contribution >= 4 is 23.2 Å². The highest BCUT2D eigenvalue weighted by atomic mass is 35.5. The van der Waals surface area contributed by atoms with Crippen LogP contribution in [0.15, 0.2) is 72.8 Å². The second-order valence-electron chi connectivity index (χ2n) is 5.48. The predicted octanol–water partition coefficient (Wildman–Crippen LogP) is 4.17. The second-order valence-corrected chi connectivity index (χ2v) is 5.48. The van der Waals surface area contributed by atoms with Gasteiger partial charge in [-0.1, -0.05) is 79.7 Å². The first-order valence-electron chi connectivity index (χ1n) is 7.15. The first-order chi connectivity index (χ1) is 10.1. The summed E-state index contributed by atoms with van der Waals surface area (Å²) in [5, 5.41) is 13.1. The van der Waals surface area contributed by atoms with Crippen molar-refractivity contribution < 1.29 is 5.11 Å². The minimum atomic E-state index is -1.40. The molecule has 0 spiro atoms. The summed E-state index contributed by atoms with van der Waals surface area (Å²) in [5.74, 6) is -0.217. The Morgan fingerprint density at radius 1 is 0.864 bits per heavy atom. The van der Waals surface area contributed by atoms with Crippen LogP contribution in [0.25, 0.3) is 10.8 Å². The zero-order chi connectivity index (χ0) is 14.9. The molecule has 0 aliphatic carbocycles. The highest BCUT2D eigenvalue weighted by Gasteiger charge is 2.32. The number of nitrogens with two attached hydrogens (primary N) is 1. The van der Waals surface area contributed by atoms with Crippen LogP contribution in [0.1, 0.15) is 24.0 Å². The quantitative estimate of drug-likeness (QED) is 0.713. The van der Waals surface area contributed by atoms with E-state index in [1.54, 1.807) is 0 Å². The fourth-order valence-corrected chi connectivity index (χ4v) is 2.82. The summed E-state index contributed by atoms with van der Waals surface area (Å²) in [6.07, 6.45) is 0. The van der Waals surface area contributed by atoms with Gasteiger partial charge in [0.05, 0.1) is 0 Å². The summed E-state index contributed by atoms with van der Waals surface area (Å²) in [4.78, 5) is 0. The van der Waals surface area contributed by atoms with Gasteiger partial charge in [-0.05, 0) is 21.9 Å². The third kappa shape index (κ3) is 2.86. The van der Waals surface area contributed by atoms with Gasteiger partial charge in [0.25, 0.3) is 0 Å². The molecule has 0 aliphatic heterocycles. The lowest BCUT2D eigenvalue weighted by atomic mass is 9.83. The number of rotatable bonds is 3. The van der Waals surface area contributed by atoms with Gasteiger partial charge in [-0.3, -0.25) is 5.73 Å². The lowest BCUT2D eigenvalue weighted by molar-refractivity contribution is 0.0195. The van der Waals surface area contributed by atoms with E-state index in [2.05, 4.69) is 18.2 Å². The van der Waals surface area contributed by atoms with Crippen LogP contribution in [0.2, 0.25) is 0 Å². The fourth-order valence-electron chi connectivity index (χ4n) is 2.82. The Balaban J connectivity index is 0.00000176. The van der Waals surface area contributed by atoms with Gasteiger partial charge in [0.15, 0.2) is 0 Å². The second kappa shape index (κ2) is 6.49. The SMILES string of the molecule is CC(c1cccc2ccccc12)C(N)(O)c1ccccc1.Cl. The highest BCUT2D eigenvalue weighted by molar-refractivity contribution is 5.86. The number of halogens is 1. The van der Waals surface area contributed by atoms with Gasteiger partial charge in [-0.2, -0.15) is 0 Å². The smallest absolute Gasteiger partial charge is 0.146 e. The molecule has 0 aromatic heterocycles. The van der Waals surface area contributed by atoms with Crippen LogP contribution in [0.3, 0.4) is 0 Å². The van der Waals surface area contributed by atoms with Gasteiger partial charge in [0, 0.05) is 5.92 Å². The highest BCUT2D eigenvalue weighted by Crippen LogP contribution is 2.35. The summed E-state index contributed by atoms with van der Waals surface area (Å²) >= 11 is 0. The maximum absolute atomic E-state index is 10.8. The number of hydrogen-bond donors (Lipinski definition) is 2. The molecule has 3 aromatic rings. The molecule has 0 aliphatic rings. The van der Waals surface area contributed by atoms with Crippen molar-refractivity contribution in [2.45, 2.75) is 18.6 Å². The molecule has 0 bridgehead atoms. The molecule has 2 atom stereocenters. The molecule has 0 saturated carbocycles. The van der Waals surface area contributed by atoms with E-state index in [9.17, 15) is 5.11 Å². The van der Waals surface area contributed by atoms with Crippen molar-refractivity contribution in [1.82, 2.24) is 0 Å². The van der Waals surface area contributed by atoms with Crippen LogP contribution < -0.4 is 5.73 Å². The number of fused-ring (bicyclic) bond motifs is 1. The average Bonchev–Trinajstić information content (AvgIpc) is 2.54. The minimum Gasteiger partial charge on any atom is -0.371 e. The Bertz CT molecular complexity index is 750. The third-order valence-corrected chi connectivity index (χ3v) is 4.19. The van der Waals surface area contributed by atoms with Crippen LogP contribution in [-0.4, -0.2) is 5.11 Å². The molecule has 0 saturated heterocycles. The van der Waals surface area contributed by atoms with E-state index in [4.69, 9.17) is 5.73 Å². The van der Waals surface area contributed by atoms with Crippen molar-refractivity contribution in [3.05, 3.63) is 83.9 Å². The summed E-state index contributed by atoms with van der Waals surface area (Å²) in [6, 6.07) is 23.7. The molecule has 3 N–H and O–H groups in total. The zero-order valence-electron chi connectivity index (χ0n) is 12.4. The molecular weight excluding hydrogens is 294 g/mol. The van der Waals surface area contributed by atoms with Gasteiger partial charge in [-0.15, -0.1) is 12.4 Å². The first-order valence-corrected chi connectivity index (χ1v) is 7.15. The zero-order valence-corrected chi connectivity index (χ0v) is 13.3. The Labute approximate surface area is 137 Å². The monoisotopic (exact) mass is 313 g/mol. The van der Waals surface area contributed by atoms with Crippen molar-refractivity contribution in [1.29, 1.82) is 0 Å². The first kappa shape index (κ1) is 16.5. The van der Waals surface area contributed by atoms with Crippen LogP contribution >= 0.6 is 12.4 Å². The Morgan fingerprint density at radius 3 is 2.18 bits per heavy atom. The van der Waals surface area contributed by atoms with Gasteiger partial charge in [-0.25, -0.2) is 0 Å². The van der Waals surface area contributed by atoms with Crippen molar-refractivity contribution in [3.63, 3.8) is 0 Å². The van der Waals surface area contributed by atoms with E-state index in [0.29, 0.717) is 0 Å². The maximum atomic E-state index is 10.8. The third-order valence-electron chi connectivity index (χ3n) is 4.19. The van der Waals surface area contributed by atoms with Crippen LogP contribution in [0, 0.1) is 0 Å². The molecule has 3 rings (SSSR count). The maximum Gasteiger partial charge on any atom is 0.146 e. The van der Waals surface area contributed by atoms with Gasteiger partial charge < -0.3 is 5.11 Å². The Kier molecular flexibility index (Phi) is 4.87. The molecule has 22 heavy (non-hydrogen) atoms. The van der Waals surface area contributed by atoms with Gasteiger partial charge in [0.1, 0.15) is 5.72 Å². The molecule has 0 heterocycles. The molecule has 114 valence electrons. The fraction of sp³-hybridized carbons (Fsp3) is 0.158.